The third-order valence-corrected chi connectivity index (χ3v) is 1.98. The largest absolute Gasteiger partial charge is 1.00 e. The van der Waals surface area contributed by atoms with Gasteiger partial charge in [0.1, 0.15) is 4.32 Å². The molecule has 9 heteroatoms. The Balaban J connectivity index is -0.000000605. The van der Waals surface area contributed by atoms with Crippen molar-refractivity contribution in [2.75, 3.05) is 12.3 Å². The smallest absolute Gasteiger partial charge is 0.549 e. The molecule has 68 valence electrons. The van der Waals surface area contributed by atoms with E-state index in [0.717, 1.165) is 11.8 Å². The first-order valence-corrected chi connectivity index (χ1v) is 4.22. The van der Waals surface area contributed by atoms with E-state index in [-0.39, 0.29) is 69.2 Å². The Morgan fingerprint density at radius 1 is 1.21 bits per heavy atom. The van der Waals surface area contributed by atoms with E-state index in [1.807, 2.05) is 0 Å². The molecule has 0 saturated carbocycles. The molecule has 0 spiro atoms. The fourth-order valence-electron chi connectivity index (χ4n) is 0.320. The van der Waals surface area contributed by atoms with Gasteiger partial charge in [0.05, 0.1) is 18.5 Å². The monoisotopic (exact) mass is 253 g/mol. The number of nitrogens with one attached hydrogen (secondary N) is 1. The van der Waals surface area contributed by atoms with Gasteiger partial charge in [-0.15, -0.1) is 0 Å². The van der Waals surface area contributed by atoms with Gasteiger partial charge in [0, 0.05) is 5.75 Å². The van der Waals surface area contributed by atoms with Crippen LogP contribution in [0.25, 0.3) is 0 Å². The molecule has 0 amide bonds. The van der Waals surface area contributed by atoms with E-state index in [1.165, 1.54) is 0 Å². The Kier molecular flexibility index (Phi) is 18.0. The summed E-state index contributed by atoms with van der Waals surface area (Å²) in [5, 5.41) is 22.0. The standard InChI is InChI=1S/C5H7NO4S2.2Na/c7-3(8)1-6-5(11)12-2-4(9)10;;/h1-2H2,(H,6,11)(H,7,8)(H,9,10);;/q;2*+1/p-2. The first-order chi connectivity index (χ1) is 5.52. The molecule has 0 aromatic rings. The average Bonchev–Trinajstić information content (AvgIpc) is 1.96. The van der Waals surface area contributed by atoms with E-state index in [0.29, 0.717) is 0 Å². The fourth-order valence-corrected chi connectivity index (χ4v) is 0.992. The number of aliphatic carboxylic acids is 2. The minimum Gasteiger partial charge on any atom is -0.549 e. The molecule has 0 saturated heterocycles. The minimum atomic E-state index is -1.30. The van der Waals surface area contributed by atoms with Gasteiger partial charge in [0.15, 0.2) is 0 Å². The Hall–Kier alpha value is 1.18. The first-order valence-electron chi connectivity index (χ1n) is 2.82. The van der Waals surface area contributed by atoms with Crippen LogP contribution >= 0.6 is 24.0 Å². The van der Waals surface area contributed by atoms with Crippen LogP contribution in [-0.2, 0) is 9.59 Å². The van der Waals surface area contributed by atoms with E-state index in [2.05, 4.69) is 17.5 Å². The molecule has 0 radical (unpaired) electrons. The summed E-state index contributed by atoms with van der Waals surface area (Å²) in [6.45, 7) is -0.418. The number of carbonyl (C=O) groups is 2. The summed E-state index contributed by atoms with van der Waals surface area (Å²) in [6.07, 6.45) is 0. The zero-order chi connectivity index (χ0) is 9.56. The molecule has 1 N–H and O–H groups in total. The zero-order valence-electron chi connectivity index (χ0n) is 7.86. The maximum atomic E-state index is 9.89. The van der Waals surface area contributed by atoms with Gasteiger partial charge in [-0.05, 0) is 0 Å². The van der Waals surface area contributed by atoms with E-state index in [1.54, 1.807) is 0 Å². The molecule has 0 fully saturated rings. The number of hydrogen-bond donors (Lipinski definition) is 1. The van der Waals surface area contributed by atoms with Gasteiger partial charge in [-0.3, -0.25) is 0 Å². The van der Waals surface area contributed by atoms with Crippen LogP contribution < -0.4 is 74.6 Å². The van der Waals surface area contributed by atoms with Crippen LogP contribution in [0.15, 0.2) is 0 Å². The number of carboxylic acids is 2. The summed E-state index contributed by atoms with van der Waals surface area (Å²) in [5.74, 6) is -2.84. The molecular formula is C5H5NNa2O4S2. The van der Waals surface area contributed by atoms with E-state index < -0.39 is 18.5 Å². The number of carbonyl (C=O) groups excluding carboxylic acids is 2. The second-order valence-corrected chi connectivity index (χ2v) is 3.33. The van der Waals surface area contributed by atoms with Crippen molar-refractivity contribution in [3.05, 3.63) is 0 Å². The molecule has 0 unspecified atom stereocenters. The van der Waals surface area contributed by atoms with Crippen LogP contribution in [-0.4, -0.2) is 28.6 Å². The minimum absolute atomic E-state index is 0. The molecule has 0 aliphatic heterocycles. The third kappa shape index (κ3) is 15.6. The Morgan fingerprint density at radius 3 is 2.07 bits per heavy atom. The molecule has 5 nitrogen and oxygen atoms in total. The summed E-state index contributed by atoms with van der Waals surface area (Å²) in [4.78, 5) is 19.8. The van der Waals surface area contributed by atoms with Crippen molar-refractivity contribution in [2.45, 2.75) is 0 Å². The molecular weight excluding hydrogens is 248 g/mol. The second-order valence-electron chi connectivity index (χ2n) is 1.67. The molecule has 0 heterocycles. The first kappa shape index (κ1) is 20.6. The van der Waals surface area contributed by atoms with Gasteiger partial charge in [-0.1, -0.05) is 24.0 Å². The van der Waals surface area contributed by atoms with Gasteiger partial charge in [0.25, 0.3) is 0 Å². The topological polar surface area (TPSA) is 92.3 Å². The Morgan fingerprint density at radius 2 is 1.71 bits per heavy atom. The van der Waals surface area contributed by atoms with Gasteiger partial charge >= 0.3 is 59.1 Å². The number of thiocarbonyl (C=S) groups is 1. The maximum absolute atomic E-state index is 9.89. The Bertz CT molecular complexity index is 194. The maximum Gasteiger partial charge on any atom is 1.00 e. The Labute approximate surface area is 135 Å². The van der Waals surface area contributed by atoms with Crippen molar-refractivity contribution in [1.82, 2.24) is 5.32 Å². The van der Waals surface area contributed by atoms with Crippen LogP contribution in [0.5, 0.6) is 0 Å². The van der Waals surface area contributed by atoms with Crippen molar-refractivity contribution < 1.29 is 78.9 Å². The molecule has 14 heavy (non-hydrogen) atoms. The summed E-state index contributed by atoms with van der Waals surface area (Å²) < 4.78 is 0.100. The molecule has 0 bridgehead atoms. The number of thioether (sulfide) groups is 1. The zero-order valence-corrected chi connectivity index (χ0v) is 13.5. The molecule has 0 aromatic heterocycles. The molecule has 0 atom stereocenters. The number of rotatable bonds is 4. The van der Waals surface area contributed by atoms with Crippen LogP contribution in [0.1, 0.15) is 0 Å². The van der Waals surface area contributed by atoms with Crippen LogP contribution in [0, 0.1) is 0 Å². The van der Waals surface area contributed by atoms with Gasteiger partial charge in [-0.25, -0.2) is 0 Å². The van der Waals surface area contributed by atoms with Crippen molar-refractivity contribution in [1.29, 1.82) is 0 Å². The van der Waals surface area contributed by atoms with Crippen molar-refractivity contribution >= 4 is 40.2 Å². The summed E-state index contributed by atoms with van der Waals surface area (Å²) >= 11 is 5.35. The summed E-state index contributed by atoms with van der Waals surface area (Å²) in [5.41, 5.74) is 0. The predicted octanol–water partition coefficient (Wildman–Crippen LogP) is -8.90. The quantitative estimate of drug-likeness (QED) is 0.393. The molecule has 0 rings (SSSR count). The van der Waals surface area contributed by atoms with Crippen molar-refractivity contribution in [3.63, 3.8) is 0 Å². The van der Waals surface area contributed by atoms with Crippen LogP contribution in [0.3, 0.4) is 0 Å². The number of carboxylic acid groups (broad SMARTS) is 2. The van der Waals surface area contributed by atoms with E-state index >= 15 is 0 Å². The van der Waals surface area contributed by atoms with E-state index in [4.69, 9.17) is 0 Å². The average molecular weight is 253 g/mol. The SMILES string of the molecule is O=C([O-])CNC(=S)SCC(=O)[O-].[Na+].[Na+]. The van der Waals surface area contributed by atoms with Gasteiger partial charge < -0.3 is 25.1 Å². The van der Waals surface area contributed by atoms with Crippen molar-refractivity contribution in [3.8, 4) is 0 Å². The normalized spacial score (nSPS) is 7.71. The molecule has 0 aliphatic rings. The number of hydrogen-bond acceptors (Lipinski definition) is 6. The third-order valence-electron chi connectivity index (χ3n) is 0.698. The van der Waals surface area contributed by atoms with Gasteiger partial charge in [-0.2, -0.15) is 0 Å². The fraction of sp³-hybridized carbons (Fsp3) is 0.400. The van der Waals surface area contributed by atoms with Crippen molar-refractivity contribution in [2.24, 2.45) is 0 Å². The summed E-state index contributed by atoms with van der Waals surface area (Å²) in [6, 6.07) is 0. The van der Waals surface area contributed by atoms with Gasteiger partial charge in [0.2, 0.25) is 0 Å². The summed E-state index contributed by atoms with van der Waals surface area (Å²) in [7, 11) is 0. The molecule has 0 aliphatic carbocycles. The van der Waals surface area contributed by atoms with Crippen LogP contribution in [0.2, 0.25) is 0 Å². The van der Waals surface area contributed by atoms with E-state index in [9.17, 15) is 19.8 Å². The second kappa shape index (κ2) is 12.3. The predicted molar refractivity (Wildman–Crippen MR) is 43.1 cm³/mol. The van der Waals surface area contributed by atoms with Crippen LogP contribution in [0.4, 0.5) is 0 Å². The molecule has 0 aromatic carbocycles.